The third-order valence-electron chi connectivity index (χ3n) is 4.42. The molecule has 0 aromatic rings. The Labute approximate surface area is 113 Å². The SMILES string of the molecule is CC1(O)CN(C(=O)CC2(C(=O)O)CCCCCC2)C1. The first-order chi connectivity index (χ1) is 8.85. The largest absolute Gasteiger partial charge is 0.481 e. The van der Waals surface area contributed by atoms with E-state index in [2.05, 4.69) is 0 Å². The van der Waals surface area contributed by atoms with Crippen LogP contribution >= 0.6 is 0 Å². The van der Waals surface area contributed by atoms with E-state index in [0.717, 1.165) is 25.7 Å². The molecule has 2 rings (SSSR count). The Morgan fingerprint density at radius 3 is 2.05 bits per heavy atom. The molecule has 0 unspecified atom stereocenters. The summed E-state index contributed by atoms with van der Waals surface area (Å²) in [5, 5.41) is 19.2. The zero-order valence-electron chi connectivity index (χ0n) is 11.5. The molecule has 19 heavy (non-hydrogen) atoms. The van der Waals surface area contributed by atoms with Gasteiger partial charge in [-0.2, -0.15) is 0 Å². The number of carbonyl (C=O) groups is 2. The van der Waals surface area contributed by atoms with Crippen molar-refractivity contribution in [2.24, 2.45) is 5.41 Å². The summed E-state index contributed by atoms with van der Waals surface area (Å²) in [7, 11) is 0. The van der Waals surface area contributed by atoms with Crippen LogP contribution in [0.2, 0.25) is 0 Å². The lowest BCUT2D eigenvalue weighted by Gasteiger charge is -2.45. The van der Waals surface area contributed by atoms with Crippen LogP contribution in [0.15, 0.2) is 0 Å². The summed E-state index contributed by atoms with van der Waals surface area (Å²) < 4.78 is 0. The van der Waals surface area contributed by atoms with Crippen LogP contribution in [0.4, 0.5) is 0 Å². The van der Waals surface area contributed by atoms with Gasteiger partial charge in [0.2, 0.25) is 5.91 Å². The minimum Gasteiger partial charge on any atom is -0.481 e. The third-order valence-corrected chi connectivity index (χ3v) is 4.42. The molecule has 0 aromatic heterocycles. The van der Waals surface area contributed by atoms with E-state index in [0.29, 0.717) is 25.9 Å². The van der Waals surface area contributed by atoms with Crippen LogP contribution in [0.5, 0.6) is 0 Å². The first-order valence-electron chi connectivity index (χ1n) is 7.08. The average molecular weight is 269 g/mol. The molecule has 1 amide bonds. The molecule has 0 radical (unpaired) electrons. The second-order valence-electron chi connectivity index (χ2n) is 6.42. The van der Waals surface area contributed by atoms with Gasteiger partial charge in [0.1, 0.15) is 0 Å². The summed E-state index contributed by atoms with van der Waals surface area (Å²) in [6.45, 7) is 2.33. The van der Waals surface area contributed by atoms with Crippen LogP contribution < -0.4 is 0 Å². The first kappa shape index (κ1) is 14.3. The maximum Gasteiger partial charge on any atom is 0.310 e. The van der Waals surface area contributed by atoms with E-state index in [1.807, 2.05) is 0 Å². The summed E-state index contributed by atoms with van der Waals surface area (Å²) >= 11 is 0. The molecule has 0 bridgehead atoms. The Morgan fingerprint density at radius 1 is 1.11 bits per heavy atom. The van der Waals surface area contributed by atoms with Crippen molar-refractivity contribution < 1.29 is 19.8 Å². The maximum absolute atomic E-state index is 12.2. The molecule has 2 aliphatic rings. The van der Waals surface area contributed by atoms with Gasteiger partial charge in [-0.05, 0) is 19.8 Å². The van der Waals surface area contributed by atoms with E-state index in [1.165, 1.54) is 0 Å². The van der Waals surface area contributed by atoms with Crippen molar-refractivity contribution in [3.63, 3.8) is 0 Å². The molecule has 1 aliphatic carbocycles. The van der Waals surface area contributed by atoms with Gasteiger partial charge in [0, 0.05) is 6.42 Å². The van der Waals surface area contributed by atoms with Crippen molar-refractivity contribution >= 4 is 11.9 Å². The Bertz CT molecular complexity index is 362. The molecular formula is C14H23NO4. The molecule has 1 saturated heterocycles. The number of nitrogens with zero attached hydrogens (tertiary/aromatic N) is 1. The van der Waals surface area contributed by atoms with Crippen molar-refractivity contribution in [1.29, 1.82) is 0 Å². The highest BCUT2D eigenvalue weighted by molar-refractivity contribution is 5.85. The molecule has 1 saturated carbocycles. The quantitative estimate of drug-likeness (QED) is 0.759. The van der Waals surface area contributed by atoms with Crippen molar-refractivity contribution in [3.8, 4) is 0 Å². The number of carboxylic acids is 1. The number of aliphatic carboxylic acids is 1. The number of aliphatic hydroxyl groups is 1. The number of carbonyl (C=O) groups excluding carboxylic acids is 1. The second kappa shape index (κ2) is 5.12. The molecule has 0 aromatic carbocycles. The van der Waals surface area contributed by atoms with Gasteiger partial charge in [-0.25, -0.2) is 0 Å². The minimum absolute atomic E-state index is 0.0818. The van der Waals surface area contributed by atoms with E-state index in [9.17, 15) is 19.8 Å². The molecule has 5 nitrogen and oxygen atoms in total. The van der Waals surface area contributed by atoms with Gasteiger partial charge >= 0.3 is 5.97 Å². The average Bonchev–Trinajstić information content (AvgIpc) is 2.52. The lowest BCUT2D eigenvalue weighted by molar-refractivity contribution is -0.162. The van der Waals surface area contributed by atoms with E-state index < -0.39 is 17.0 Å². The van der Waals surface area contributed by atoms with Gasteiger partial charge in [0.15, 0.2) is 0 Å². The van der Waals surface area contributed by atoms with Crippen LogP contribution in [-0.4, -0.2) is 45.7 Å². The fourth-order valence-electron chi connectivity index (χ4n) is 3.23. The standard InChI is InChI=1S/C14H23NO4/c1-13(19)9-15(10-13)11(16)8-14(12(17)18)6-4-2-3-5-7-14/h19H,2-10H2,1H3,(H,17,18). The monoisotopic (exact) mass is 269 g/mol. The molecule has 108 valence electrons. The number of carboxylic acid groups (broad SMARTS) is 1. The van der Waals surface area contributed by atoms with Gasteiger partial charge in [0.25, 0.3) is 0 Å². The summed E-state index contributed by atoms with van der Waals surface area (Å²) in [5.74, 6) is -0.967. The van der Waals surface area contributed by atoms with E-state index in [1.54, 1.807) is 11.8 Å². The minimum atomic E-state index is -0.880. The Morgan fingerprint density at radius 2 is 1.63 bits per heavy atom. The topological polar surface area (TPSA) is 77.8 Å². The van der Waals surface area contributed by atoms with E-state index >= 15 is 0 Å². The normalized spacial score (nSPS) is 25.3. The zero-order valence-corrected chi connectivity index (χ0v) is 11.5. The van der Waals surface area contributed by atoms with Crippen molar-refractivity contribution in [2.45, 2.75) is 57.5 Å². The Hall–Kier alpha value is -1.10. The summed E-state index contributed by atoms with van der Waals surface area (Å²) in [5.41, 5.74) is -1.68. The molecule has 0 spiro atoms. The molecular weight excluding hydrogens is 246 g/mol. The van der Waals surface area contributed by atoms with E-state index in [4.69, 9.17) is 0 Å². The number of β-amino-alcohol motifs (C(OH)–C–C–N with tert-alkyl or cyclic N) is 1. The molecule has 1 aliphatic heterocycles. The predicted molar refractivity (Wildman–Crippen MR) is 69.6 cm³/mol. The van der Waals surface area contributed by atoms with Gasteiger partial charge in [-0.1, -0.05) is 25.7 Å². The van der Waals surface area contributed by atoms with E-state index in [-0.39, 0.29) is 12.3 Å². The van der Waals surface area contributed by atoms with Crippen molar-refractivity contribution in [3.05, 3.63) is 0 Å². The highest BCUT2D eigenvalue weighted by Crippen LogP contribution is 2.39. The smallest absolute Gasteiger partial charge is 0.310 e. The van der Waals surface area contributed by atoms with Crippen LogP contribution in [-0.2, 0) is 9.59 Å². The number of hydrogen-bond acceptors (Lipinski definition) is 3. The van der Waals surface area contributed by atoms with Gasteiger partial charge in [-0.15, -0.1) is 0 Å². The number of likely N-dealkylation sites (tertiary alicyclic amines) is 1. The van der Waals surface area contributed by atoms with Gasteiger partial charge < -0.3 is 15.1 Å². The molecule has 5 heteroatoms. The third kappa shape index (κ3) is 3.08. The fourth-order valence-corrected chi connectivity index (χ4v) is 3.23. The summed E-state index contributed by atoms with van der Waals surface area (Å²) in [6.07, 6.45) is 5.16. The second-order valence-corrected chi connectivity index (χ2v) is 6.42. The van der Waals surface area contributed by atoms with Crippen LogP contribution in [0, 0.1) is 5.41 Å². The lowest BCUT2D eigenvalue weighted by atomic mass is 9.76. The fraction of sp³-hybridized carbons (Fsp3) is 0.857. The summed E-state index contributed by atoms with van der Waals surface area (Å²) in [4.78, 5) is 25.3. The zero-order chi connectivity index (χ0) is 14.1. The van der Waals surface area contributed by atoms with Crippen molar-refractivity contribution in [2.75, 3.05) is 13.1 Å². The number of amides is 1. The van der Waals surface area contributed by atoms with Gasteiger partial charge in [-0.3, -0.25) is 9.59 Å². The number of hydrogen-bond donors (Lipinski definition) is 2. The van der Waals surface area contributed by atoms with Crippen LogP contribution in [0.3, 0.4) is 0 Å². The van der Waals surface area contributed by atoms with Gasteiger partial charge in [0.05, 0.1) is 24.1 Å². The Balaban J connectivity index is 2.00. The molecule has 2 N–H and O–H groups in total. The highest BCUT2D eigenvalue weighted by atomic mass is 16.4. The summed E-state index contributed by atoms with van der Waals surface area (Å²) in [6, 6.07) is 0. The Kier molecular flexibility index (Phi) is 3.85. The molecule has 2 fully saturated rings. The van der Waals surface area contributed by atoms with Crippen molar-refractivity contribution in [1.82, 2.24) is 4.90 Å². The first-order valence-corrected chi connectivity index (χ1v) is 7.08. The lowest BCUT2D eigenvalue weighted by Crippen LogP contribution is -2.62. The highest BCUT2D eigenvalue weighted by Gasteiger charge is 2.45. The maximum atomic E-state index is 12.2. The van der Waals surface area contributed by atoms with Crippen LogP contribution in [0.25, 0.3) is 0 Å². The molecule has 0 atom stereocenters. The van der Waals surface area contributed by atoms with Crippen LogP contribution in [0.1, 0.15) is 51.9 Å². The molecule has 1 heterocycles. The number of rotatable bonds is 3. The predicted octanol–water partition coefficient (Wildman–Crippen LogP) is 1.39.